The number of amides is 1. The summed E-state index contributed by atoms with van der Waals surface area (Å²) in [5.41, 5.74) is 0.805. The number of halogens is 1. The average Bonchev–Trinajstić information content (AvgIpc) is 2.49. The molecule has 0 spiro atoms. The van der Waals surface area contributed by atoms with Crippen molar-refractivity contribution in [1.29, 1.82) is 0 Å². The van der Waals surface area contributed by atoms with Gasteiger partial charge in [-0.1, -0.05) is 19.1 Å². The first-order valence-electron chi connectivity index (χ1n) is 5.69. The van der Waals surface area contributed by atoms with Crippen molar-refractivity contribution in [2.75, 3.05) is 12.3 Å². The molecule has 0 bridgehead atoms. The molecule has 1 fully saturated rings. The van der Waals surface area contributed by atoms with Gasteiger partial charge in [-0.25, -0.2) is 17.1 Å². The number of benzene rings is 1. The van der Waals surface area contributed by atoms with E-state index in [1.54, 1.807) is 19.1 Å². The van der Waals surface area contributed by atoms with Gasteiger partial charge in [0.25, 0.3) is 0 Å². The fraction of sp³-hybridized carbons (Fsp3) is 0.417. The van der Waals surface area contributed by atoms with Gasteiger partial charge in [0.2, 0.25) is 15.9 Å². The van der Waals surface area contributed by atoms with Crippen LogP contribution < -0.4 is 0 Å². The van der Waals surface area contributed by atoms with Gasteiger partial charge >= 0.3 is 0 Å². The van der Waals surface area contributed by atoms with Gasteiger partial charge in [0.15, 0.2) is 0 Å². The fourth-order valence-corrected chi connectivity index (χ4v) is 3.77. The lowest BCUT2D eigenvalue weighted by Crippen LogP contribution is -2.32. The van der Waals surface area contributed by atoms with Gasteiger partial charge in [-0.05, 0) is 24.1 Å². The summed E-state index contributed by atoms with van der Waals surface area (Å²) in [7, 11) is -3.45. The SMILES string of the molecule is CC1CS(=O)(=O)N(CCc2ccc(F)cc2)C1=O. The quantitative estimate of drug-likeness (QED) is 0.829. The highest BCUT2D eigenvalue weighted by Crippen LogP contribution is 2.21. The van der Waals surface area contributed by atoms with E-state index in [1.807, 2.05) is 0 Å². The van der Waals surface area contributed by atoms with E-state index in [0.717, 1.165) is 9.87 Å². The highest BCUT2D eigenvalue weighted by molar-refractivity contribution is 7.90. The molecule has 1 unspecified atom stereocenters. The summed E-state index contributed by atoms with van der Waals surface area (Å²) >= 11 is 0. The fourth-order valence-electron chi connectivity index (χ4n) is 1.99. The maximum atomic E-state index is 12.7. The molecule has 0 radical (unpaired) electrons. The van der Waals surface area contributed by atoms with Crippen LogP contribution in [0.15, 0.2) is 24.3 Å². The summed E-state index contributed by atoms with van der Waals surface area (Å²) in [5, 5.41) is 0. The van der Waals surface area contributed by atoms with E-state index < -0.39 is 15.9 Å². The smallest absolute Gasteiger partial charge is 0.239 e. The zero-order valence-electron chi connectivity index (χ0n) is 9.97. The summed E-state index contributed by atoms with van der Waals surface area (Å²) in [4.78, 5) is 11.7. The van der Waals surface area contributed by atoms with E-state index in [9.17, 15) is 17.6 Å². The van der Waals surface area contributed by atoms with Crippen LogP contribution in [0.25, 0.3) is 0 Å². The van der Waals surface area contributed by atoms with Crippen molar-refractivity contribution in [2.45, 2.75) is 13.3 Å². The molecule has 18 heavy (non-hydrogen) atoms. The molecule has 4 nitrogen and oxygen atoms in total. The Labute approximate surface area is 105 Å². The second kappa shape index (κ2) is 4.68. The van der Waals surface area contributed by atoms with Crippen LogP contribution in [0.1, 0.15) is 12.5 Å². The van der Waals surface area contributed by atoms with E-state index in [4.69, 9.17) is 0 Å². The lowest BCUT2D eigenvalue weighted by molar-refractivity contribution is -0.128. The average molecular weight is 271 g/mol. The van der Waals surface area contributed by atoms with Crippen molar-refractivity contribution in [1.82, 2.24) is 4.31 Å². The summed E-state index contributed by atoms with van der Waals surface area (Å²) in [5.74, 6) is -1.27. The maximum Gasteiger partial charge on any atom is 0.239 e. The third-order valence-electron chi connectivity index (χ3n) is 2.98. The van der Waals surface area contributed by atoms with Crippen LogP contribution in [-0.2, 0) is 21.2 Å². The van der Waals surface area contributed by atoms with Crippen LogP contribution >= 0.6 is 0 Å². The second-order valence-corrected chi connectivity index (χ2v) is 6.40. The third kappa shape index (κ3) is 2.53. The second-order valence-electron chi connectivity index (χ2n) is 4.47. The molecule has 98 valence electrons. The maximum absolute atomic E-state index is 12.7. The predicted octanol–water partition coefficient (Wildman–Crippen LogP) is 1.18. The van der Waals surface area contributed by atoms with Gasteiger partial charge in [0.05, 0.1) is 11.7 Å². The topological polar surface area (TPSA) is 54.5 Å². The molecule has 1 aromatic rings. The number of hydrogen-bond donors (Lipinski definition) is 0. The van der Waals surface area contributed by atoms with Crippen molar-refractivity contribution in [2.24, 2.45) is 5.92 Å². The molecular formula is C12H14FNO3S. The first-order chi connectivity index (χ1) is 8.40. The Morgan fingerprint density at radius 3 is 2.44 bits per heavy atom. The highest BCUT2D eigenvalue weighted by Gasteiger charge is 2.40. The molecule has 1 heterocycles. The van der Waals surface area contributed by atoms with Gasteiger partial charge in [-0.2, -0.15) is 0 Å². The highest BCUT2D eigenvalue weighted by atomic mass is 32.2. The molecule has 2 rings (SSSR count). The first kappa shape index (κ1) is 13.0. The summed E-state index contributed by atoms with van der Waals surface area (Å²) in [6.45, 7) is 1.73. The molecule has 0 aromatic heterocycles. The van der Waals surface area contributed by atoms with Gasteiger partial charge in [-0.3, -0.25) is 4.79 Å². The summed E-state index contributed by atoms with van der Waals surface area (Å²) in [6.07, 6.45) is 0.401. The molecule has 0 N–H and O–H groups in total. The predicted molar refractivity (Wildman–Crippen MR) is 64.8 cm³/mol. The molecule has 6 heteroatoms. The molecule has 1 amide bonds. The number of sulfonamides is 1. The van der Waals surface area contributed by atoms with Crippen molar-refractivity contribution in [3.05, 3.63) is 35.6 Å². The number of carbonyl (C=O) groups is 1. The van der Waals surface area contributed by atoms with Crippen molar-refractivity contribution >= 4 is 15.9 Å². The van der Waals surface area contributed by atoms with Crippen LogP contribution in [0.3, 0.4) is 0 Å². The standard InChI is InChI=1S/C12H14FNO3S/c1-9-8-18(16,17)14(12(9)15)7-6-10-2-4-11(13)5-3-10/h2-5,9H,6-8H2,1H3. The Bertz CT molecular complexity index is 553. The molecule has 1 atom stereocenters. The minimum atomic E-state index is -3.45. The Morgan fingerprint density at radius 1 is 1.33 bits per heavy atom. The van der Waals surface area contributed by atoms with Crippen LogP contribution in [-0.4, -0.2) is 30.9 Å². The van der Waals surface area contributed by atoms with Crippen LogP contribution in [0.5, 0.6) is 0 Å². The van der Waals surface area contributed by atoms with Crippen molar-refractivity contribution < 1.29 is 17.6 Å². The Morgan fingerprint density at radius 2 is 1.94 bits per heavy atom. The van der Waals surface area contributed by atoms with E-state index in [1.165, 1.54) is 12.1 Å². The number of carbonyl (C=O) groups excluding carboxylic acids is 1. The molecule has 1 aliphatic rings. The van der Waals surface area contributed by atoms with Gasteiger partial charge in [0, 0.05) is 6.54 Å². The third-order valence-corrected chi connectivity index (χ3v) is 4.94. The number of rotatable bonds is 3. The van der Waals surface area contributed by atoms with Crippen molar-refractivity contribution in [3.8, 4) is 0 Å². The molecule has 1 aliphatic heterocycles. The first-order valence-corrected chi connectivity index (χ1v) is 7.30. The Kier molecular flexibility index (Phi) is 3.38. The van der Waals surface area contributed by atoms with E-state index in [0.29, 0.717) is 6.42 Å². The zero-order chi connectivity index (χ0) is 13.3. The number of hydrogen-bond acceptors (Lipinski definition) is 3. The minimum absolute atomic E-state index is 0.116. The van der Waals surface area contributed by atoms with Crippen LogP contribution in [0.2, 0.25) is 0 Å². The minimum Gasteiger partial charge on any atom is -0.273 e. The van der Waals surface area contributed by atoms with Gasteiger partial charge < -0.3 is 0 Å². The lowest BCUT2D eigenvalue weighted by Gasteiger charge is -2.14. The lowest BCUT2D eigenvalue weighted by atomic mass is 10.1. The molecule has 0 saturated carbocycles. The Hall–Kier alpha value is -1.43. The van der Waals surface area contributed by atoms with E-state index >= 15 is 0 Å². The number of nitrogens with zero attached hydrogens (tertiary/aromatic N) is 1. The zero-order valence-corrected chi connectivity index (χ0v) is 10.8. The summed E-state index contributed by atoms with van der Waals surface area (Å²) < 4.78 is 37.0. The van der Waals surface area contributed by atoms with Crippen LogP contribution in [0, 0.1) is 11.7 Å². The van der Waals surface area contributed by atoms with Crippen LogP contribution in [0.4, 0.5) is 4.39 Å². The van der Waals surface area contributed by atoms with Gasteiger partial charge in [-0.15, -0.1) is 0 Å². The largest absolute Gasteiger partial charge is 0.273 e. The van der Waals surface area contributed by atoms with Crippen molar-refractivity contribution in [3.63, 3.8) is 0 Å². The normalized spacial score (nSPS) is 22.4. The van der Waals surface area contributed by atoms with E-state index in [2.05, 4.69) is 0 Å². The molecule has 1 saturated heterocycles. The monoisotopic (exact) mass is 271 g/mol. The molecule has 1 aromatic carbocycles. The summed E-state index contributed by atoms with van der Waals surface area (Å²) in [6, 6.07) is 5.81. The molecular weight excluding hydrogens is 257 g/mol. The van der Waals surface area contributed by atoms with Gasteiger partial charge in [0.1, 0.15) is 5.82 Å². The molecule has 0 aliphatic carbocycles. The Balaban J connectivity index is 2.06. The van der Waals surface area contributed by atoms with E-state index in [-0.39, 0.29) is 24.0 Å².